The Morgan fingerprint density at radius 3 is 3.00 bits per heavy atom. The van der Waals surface area contributed by atoms with Crippen molar-refractivity contribution in [1.82, 2.24) is 15.3 Å². The number of rotatable bonds is 1. The van der Waals surface area contributed by atoms with Crippen LogP contribution in [-0.2, 0) is 13.0 Å². The van der Waals surface area contributed by atoms with Crippen LogP contribution < -0.4 is 10.9 Å². The molecule has 0 bridgehead atoms. The Hall–Kier alpha value is -1.53. The minimum absolute atomic E-state index is 0.109. The number of benzene rings is 1. The molecule has 4 nitrogen and oxygen atoms in total. The van der Waals surface area contributed by atoms with Gasteiger partial charge in [-0.15, -0.1) is 0 Å². The summed E-state index contributed by atoms with van der Waals surface area (Å²) in [6.45, 7) is 1.38. The van der Waals surface area contributed by atoms with Crippen molar-refractivity contribution in [3.8, 4) is 11.4 Å². The Morgan fingerprint density at radius 2 is 2.21 bits per heavy atom. The van der Waals surface area contributed by atoms with E-state index in [4.69, 9.17) is 0 Å². The van der Waals surface area contributed by atoms with Gasteiger partial charge in [-0.25, -0.2) is 9.37 Å². The molecular weight excluding hydrogens is 313 g/mol. The van der Waals surface area contributed by atoms with Crippen LogP contribution in [-0.4, -0.2) is 16.5 Å². The molecule has 19 heavy (non-hydrogen) atoms. The Balaban J connectivity index is 2.12. The third kappa shape index (κ3) is 2.33. The molecule has 3 rings (SSSR count). The standard InChI is InChI=1S/C13H11BrFN3O/c14-9-5-7(1-2-10(9)15)12-17-11-6-16-4-3-8(11)13(19)18-12/h1-2,5,16H,3-4,6H2,(H,17,18,19). The summed E-state index contributed by atoms with van der Waals surface area (Å²) in [5, 5.41) is 3.18. The first-order valence-electron chi connectivity index (χ1n) is 5.93. The van der Waals surface area contributed by atoms with Crippen molar-refractivity contribution >= 4 is 15.9 Å². The lowest BCUT2D eigenvalue weighted by Gasteiger charge is -2.16. The van der Waals surface area contributed by atoms with Crippen molar-refractivity contribution in [3.63, 3.8) is 0 Å². The first-order valence-corrected chi connectivity index (χ1v) is 6.72. The first-order chi connectivity index (χ1) is 9.15. The van der Waals surface area contributed by atoms with Crippen molar-refractivity contribution in [3.05, 3.63) is 50.1 Å². The zero-order chi connectivity index (χ0) is 13.4. The van der Waals surface area contributed by atoms with E-state index < -0.39 is 0 Å². The molecule has 0 fully saturated rings. The van der Waals surface area contributed by atoms with E-state index in [1.54, 1.807) is 12.1 Å². The Labute approximate surface area is 117 Å². The third-order valence-corrected chi connectivity index (χ3v) is 3.75. The maximum atomic E-state index is 13.2. The second-order valence-electron chi connectivity index (χ2n) is 4.40. The van der Waals surface area contributed by atoms with Crippen molar-refractivity contribution in [2.24, 2.45) is 0 Å². The van der Waals surface area contributed by atoms with Crippen LogP contribution in [0, 0.1) is 5.82 Å². The Bertz CT molecular complexity index is 699. The molecule has 1 aliphatic heterocycles. The van der Waals surface area contributed by atoms with Crippen LogP contribution in [0.1, 0.15) is 11.3 Å². The molecule has 0 radical (unpaired) electrons. The highest BCUT2D eigenvalue weighted by atomic mass is 79.9. The SMILES string of the molecule is O=c1[nH]c(-c2ccc(F)c(Br)c2)nc2c1CCNC2. The number of nitrogens with zero attached hydrogens (tertiary/aromatic N) is 1. The van der Waals surface area contributed by atoms with Gasteiger partial charge in [0.1, 0.15) is 11.6 Å². The molecule has 2 N–H and O–H groups in total. The maximum absolute atomic E-state index is 13.2. The van der Waals surface area contributed by atoms with Crippen molar-refractivity contribution in [1.29, 1.82) is 0 Å². The fourth-order valence-corrected chi connectivity index (χ4v) is 2.53. The van der Waals surface area contributed by atoms with Crippen LogP contribution in [0.25, 0.3) is 11.4 Å². The second-order valence-corrected chi connectivity index (χ2v) is 5.25. The fourth-order valence-electron chi connectivity index (χ4n) is 2.15. The van der Waals surface area contributed by atoms with Gasteiger partial charge in [0.05, 0.1) is 10.2 Å². The summed E-state index contributed by atoms with van der Waals surface area (Å²) in [6.07, 6.45) is 0.686. The van der Waals surface area contributed by atoms with Crippen LogP contribution in [0.15, 0.2) is 27.5 Å². The highest BCUT2D eigenvalue weighted by Gasteiger charge is 2.16. The minimum atomic E-state index is -0.342. The number of hydrogen-bond acceptors (Lipinski definition) is 3. The van der Waals surface area contributed by atoms with Gasteiger partial charge < -0.3 is 10.3 Å². The first kappa shape index (κ1) is 12.5. The van der Waals surface area contributed by atoms with Gasteiger partial charge >= 0.3 is 0 Å². The number of fused-ring (bicyclic) bond motifs is 1. The maximum Gasteiger partial charge on any atom is 0.254 e. The van der Waals surface area contributed by atoms with Crippen LogP contribution in [0.5, 0.6) is 0 Å². The van der Waals surface area contributed by atoms with E-state index in [2.05, 4.69) is 31.2 Å². The summed E-state index contributed by atoms with van der Waals surface area (Å²) < 4.78 is 13.6. The quantitative estimate of drug-likeness (QED) is 0.843. The fraction of sp³-hybridized carbons (Fsp3) is 0.231. The molecule has 1 aromatic carbocycles. The average Bonchev–Trinajstić information content (AvgIpc) is 2.42. The van der Waals surface area contributed by atoms with E-state index in [1.165, 1.54) is 6.07 Å². The predicted molar refractivity (Wildman–Crippen MR) is 73.4 cm³/mol. The normalized spacial score (nSPS) is 14.2. The molecule has 6 heteroatoms. The molecular formula is C13H11BrFN3O. The number of H-pyrrole nitrogens is 1. The zero-order valence-electron chi connectivity index (χ0n) is 9.96. The number of hydrogen-bond donors (Lipinski definition) is 2. The third-order valence-electron chi connectivity index (χ3n) is 3.14. The second kappa shape index (κ2) is 4.86. The van der Waals surface area contributed by atoms with Gasteiger partial charge in [-0.1, -0.05) is 0 Å². The lowest BCUT2D eigenvalue weighted by molar-refractivity contribution is 0.618. The molecule has 0 spiro atoms. The van der Waals surface area contributed by atoms with Gasteiger partial charge in [0, 0.05) is 17.7 Å². The summed E-state index contributed by atoms with van der Waals surface area (Å²) >= 11 is 3.13. The summed E-state index contributed by atoms with van der Waals surface area (Å²) in [5.41, 5.74) is 2.08. The van der Waals surface area contributed by atoms with Crippen molar-refractivity contribution in [2.45, 2.75) is 13.0 Å². The molecule has 1 aliphatic rings. The minimum Gasteiger partial charge on any atom is -0.311 e. The topological polar surface area (TPSA) is 57.8 Å². The van der Waals surface area contributed by atoms with Gasteiger partial charge in [-0.3, -0.25) is 4.79 Å². The molecule has 2 aromatic rings. The molecule has 0 saturated heterocycles. The number of aromatic nitrogens is 2. The van der Waals surface area contributed by atoms with Crippen LogP contribution in [0.2, 0.25) is 0 Å². The number of halogens is 2. The van der Waals surface area contributed by atoms with E-state index in [0.717, 1.165) is 17.8 Å². The summed E-state index contributed by atoms with van der Waals surface area (Å²) in [6, 6.07) is 4.55. The molecule has 0 atom stereocenters. The van der Waals surface area contributed by atoms with E-state index >= 15 is 0 Å². The van der Waals surface area contributed by atoms with E-state index in [0.29, 0.717) is 28.8 Å². The Kier molecular flexibility index (Phi) is 3.20. The van der Waals surface area contributed by atoms with Gasteiger partial charge in [0.25, 0.3) is 5.56 Å². The molecule has 0 saturated carbocycles. The Morgan fingerprint density at radius 1 is 1.37 bits per heavy atom. The lowest BCUT2D eigenvalue weighted by atomic mass is 10.1. The summed E-state index contributed by atoms with van der Waals surface area (Å²) in [7, 11) is 0. The van der Waals surface area contributed by atoms with Crippen LogP contribution in [0.3, 0.4) is 0 Å². The molecule has 0 unspecified atom stereocenters. The number of nitrogens with one attached hydrogen (secondary N) is 2. The van der Waals surface area contributed by atoms with E-state index in [1.807, 2.05) is 0 Å². The molecule has 1 aromatic heterocycles. The molecule has 0 amide bonds. The van der Waals surface area contributed by atoms with Crippen LogP contribution >= 0.6 is 15.9 Å². The van der Waals surface area contributed by atoms with Gasteiger partial charge in [0.2, 0.25) is 0 Å². The smallest absolute Gasteiger partial charge is 0.254 e. The monoisotopic (exact) mass is 323 g/mol. The van der Waals surface area contributed by atoms with Crippen molar-refractivity contribution in [2.75, 3.05) is 6.54 Å². The molecule has 0 aliphatic carbocycles. The van der Waals surface area contributed by atoms with Gasteiger partial charge in [-0.2, -0.15) is 0 Å². The van der Waals surface area contributed by atoms with Crippen LogP contribution in [0.4, 0.5) is 4.39 Å². The zero-order valence-corrected chi connectivity index (χ0v) is 11.6. The summed E-state index contributed by atoms with van der Waals surface area (Å²) in [5.74, 6) is 0.124. The highest BCUT2D eigenvalue weighted by molar-refractivity contribution is 9.10. The van der Waals surface area contributed by atoms with E-state index in [-0.39, 0.29) is 11.4 Å². The van der Waals surface area contributed by atoms with Crippen molar-refractivity contribution < 1.29 is 4.39 Å². The predicted octanol–water partition coefficient (Wildman–Crippen LogP) is 1.98. The largest absolute Gasteiger partial charge is 0.311 e. The van der Waals surface area contributed by atoms with Gasteiger partial charge in [0.15, 0.2) is 0 Å². The number of aromatic amines is 1. The lowest BCUT2D eigenvalue weighted by Crippen LogP contribution is -2.31. The highest BCUT2D eigenvalue weighted by Crippen LogP contribution is 2.23. The van der Waals surface area contributed by atoms with Gasteiger partial charge in [-0.05, 0) is 47.1 Å². The van der Waals surface area contributed by atoms with E-state index in [9.17, 15) is 9.18 Å². The average molecular weight is 324 g/mol. The summed E-state index contributed by atoms with van der Waals surface area (Å²) in [4.78, 5) is 19.2. The molecule has 2 heterocycles. The molecule has 98 valence electrons.